The average molecular weight is 461 g/mol. The zero-order valence-corrected chi connectivity index (χ0v) is 19.6. The molecule has 2 atom stereocenters. The van der Waals surface area contributed by atoms with Crippen molar-refractivity contribution in [3.8, 4) is 0 Å². The summed E-state index contributed by atoms with van der Waals surface area (Å²) in [6.07, 6.45) is 1.42. The monoisotopic (exact) mass is 460 g/mol. The van der Waals surface area contributed by atoms with Gasteiger partial charge in [0, 0.05) is 47.4 Å². The van der Waals surface area contributed by atoms with Gasteiger partial charge in [0.25, 0.3) is 5.69 Å². The molecule has 7 heteroatoms. The summed E-state index contributed by atoms with van der Waals surface area (Å²) < 4.78 is 5.64. The first-order chi connectivity index (χ1) is 16.2. The van der Waals surface area contributed by atoms with Crippen molar-refractivity contribution in [2.24, 2.45) is 16.3 Å². The molecular weight excluding hydrogens is 432 g/mol. The Morgan fingerprint density at radius 1 is 1.12 bits per heavy atom. The van der Waals surface area contributed by atoms with Crippen molar-refractivity contribution in [3.05, 3.63) is 87.1 Å². The molecule has 0 amide bonds. The molecule has 176 valence electrons. The van der Waals surface area contributed by atoms with Gasteiger partial charge in [0.2, 0.25) is 0 Å². The van der Waals surface area contributed by atoms with E-state index in [4.69, 9.17) is 4.74 Å². The van der Waals surface area contributed by atoms with Gasteiger partial charge in [0.05, 0.1) is 11.5 Å². The molecular formula is C27H28N2O5. The third-order valence-electron chi connectivity index (χ3n) is 6.50. The van der Waals surface area contributed by atoms with Gasteiger partial charge in [-0.15, -0.1) is 0 Å². The highest BCUT2D eigenvalue weighted by molar-refractivity contribution is 6.09. The molecule has 0 fully saturated rings. The summed E-state index contributed by atoms with van der Waals surface area (Å²) in [6, 6.07) is 16.0. The van der Waals surface area contributed by atoms with Crippen LogP contribution in [0.2, 0.25) is 0 Å². The first-order valence-electron chi connectivity index (χ1n) is 11.4. The summed E-state index contributed by atoms with van der Waals surface area (Å²) >= 11 is 0. The number of esters is 1. The summed E-state index contributed by atoms with van der Waals surface area (Å²) in [6.45, 7) is 5.91. The maximum Gasteiger partial charge on any atom is 0.315 e. The van der Waals surface area contributed by atoms with Crippen molar-refractivity contribution in [2.45, 2.75) is 46.0 Å². The minimum atomic E-state index is -0.902. The van der Waals surface area contributed by atoms with Crippen molar-refractivity contribution >= 4 is 23.2 Å². The number of nitrogens with zero attached hydrogens (tertiary/aromatic N) is 2. The molecule has 1 aliphatic carbocycles. The van der Waals surface area contributed by atoms with Crippen LogP contribution in [0.15, 0.2) is 70.9 Å². The number of carbonyl (C=O) groups excluding carboxylic acids is 2. The van der Waals surface area contributed by atoms with E-state index in [0.29, 0.717) is 41.8 Å². The first kappa shape index (κ1) is 23.5. The van der Waals surface area contributed by atoms with E-state index < -0.39 is 22.7 Å². The molecule has 2 aromatic rings. The number of Topliss-reactive ketones (excluding diaryl/α,β-unsaturated/α-hetero) is 1. The smallest absolute Gasteiger partial charge is 0.315 e. The van der Waals surface area contributed by atoms with Crippen LogP contribution < -0.4 is 0 Å². The maximum atomic E-state index is 13.4. The van der Waals surface area contributed by atoms with Crippen LogP contribution in [0.25, 0.3) is 0 Å². The number of rotatable bonds is 6. The lowest BCUT2D eigenvalue weighted by Gasteiger charge is -2.38. The van der Waals surface area contributed by atoms with E-state index in [9.17, 15) is 19.7 Å². The minimum Gasteiger partial charge on any atom is -0.465 e. The summed E-state index contributed by atoms with van der Waals surface area (Å²) in [5.74, 6) is -2.35. The van der Waals surface area contributed by atoms with Gasteiger partial charge in [0.15, 0.2) is 5.78 Å². The summed E-state index contributed by atoms with van der Waals surface area (Å²) in [5.41, 5.74) is 2.53. The normalized spacial score (nSPS) is 21.5. The second-order valence-corrected chi connectivity index (χ2v) is 9.73. The van der Waals surface area contributed by atoms with Gasteiger partial charge in [-0.1, -0.05) is 62.4 Å². The molecule has 0 N–H and O–H groups in total. The molecule has 1 aliphatic heterocycles. The third kappa shape index (κ3) is 4.69. The standard InChI is InChI=1S/C27H28N2O5/c1-17-23(26(31)34-14-13-18-9-5-4-6-10-18)24(19-11-7-8-12-21(19)29(32)33)25-20(28-17)15-27(2,3)16-22(25)30/h4-12,23-24H,13-16H2,1-3H3/t23?,24-/m0/s1. The van der Waals surface area contributed by atoms with Crippen molar-refractivity contribution in [3.63, 3.8) is 0 Å². The zero-order chi connectivity index (χ0) is 24.5. The molecule has 4 rings (SSSR count). The van der Waals surface area contributed by atoms with Gasteiger partial charge in [0.1, 0.15) is 5.92 Å². The molecule has 0 bridgehead atoms. The summed E-state index contributed by atoms with van der Waals surface area (Å²) in [5, 5.41) is 11.9. The first-order valence-corrected chi connectivity index (χ1v) is 11.4. The summed E-state index contributed by atoms with van der Waals surface area (Å²) in [4.78, 5) is 42.8. The van der Waals surface area contributed by atoms with Crippen LogP contribution in [0.5, 0.6) is 0 Å². The Morgan fingerprint density at radius 2 is 1.79 bits per heavy atom. The Labute approximate surface area is 198 Å². The van der Waals surface area contributed by atoms with Crippen LogP contribution in [0, 0.1) is 21.4 Å². The van der Waals surface area contributed by atoms with Gasteiger partial charge < -0.3 is 4.74 Å². The number of hydrogen-bond acceptors (Lipinski definition) is 6. The topological polar surface area (TPSA) is 98.9 Å². The number of ether oxygens (including phenoxy) is 1. The van der Waals surface area contributed by atoms with Crippen molar-refractivity contribution < 1.29 is 19.2 Å². The van der Waals surface area contributed by atoms with Crippen LogP contribution in [-0.2, 0) is 20.7 Å². The molecule has 34 heavy (non-hydrogen) atoms. The highest BCUT2D eigenvalue weighted by Gasteiger charge is 2.47. The number of para-hydroxylation sites is 1. The average Bonchev–Trinajstić information content (AvgIpc) is 2.77. The maximum absolute atomic E-state index is 13.4. The molecule has 0 saturated heterocycles. The number of aliphatic imine (C=N–C) groups is 1. The number of allylic oxidation sites excluding steroid dienone is 2. The fraction of sp³-hybridized carbons (Fsp3) is 0.370. The lowest BCUT2D eigenvalue weighted by Crippen LogP contribution is -2.39. The van der Waals surface area contributed by atoms with Crippen molar-refractivity contribution in [2.75, 3.05) is 6.61 Å². The van der Waals surface area contributed by atoms with E-state index in [1.165, 1.54) is 6.07 Å². The molecule has 7 nitrogen and oxygen atoms in total. The van der Waals surface area contributed by atoms with Gasteiger partial charge >= 0.3 is 5.97 Å². The molecule has 0 radical (unpaired) electrons. The Hall–Kier alpha value is -3.61. The van der Waals surface area contributed by atoms with Gasteiger partial charge in [-0.3, -0.25) is 24.7 Å². The number of nitro benzene ring substituents is 1. The Morgan fingerprint density at radius 3 is 2.50 bits per heavy atom. The second kappa shape index (κ2) is 9.33. The molecule has 0 aromatic heterocycles. The van der Waals surface area contributed by atoms with Gasteiger partial charge in [-0.05, 0) is 24.3 Å². The van der Waals surface area contributed by atoms with Crippen LogP contribution in [0.1, 0.15) is 50.7 Å². The predicted octanol–water partition coefficient (Wildman–Crippen LogP) is 5.20. The zero-order valence-electron chi connectivity index (χ0n) is 19.6. The van der Waals surface area contributed by atoms with Crippen LogP contribution in [0.3, 0.4) is 0 Å². The molecule has 2 aromatic carbocycles. The van der Waals surface area contributed by atoms with E-state index in [-0.39, 0.29) is 23.5 Å². The predicted molar refractivity (Wildman–Crippen MR) is 129 cm³/mol. The lowest BCUT2D eigenvalue weighted by molar-refractivity contribution is -0.385. The largest absolute Gasteiger partial charge is 0.465 e. The highest BCUT2D eigenvalue weighted by Crippen LogP contribution is 2.49. The van der Waals surface area contributed by atoms with E-state index >= 15 is 0 Å². The Kier molecular flexibility index (Phi) is 6.46. The number of nitro groups is 1. The van der Waals surface area contributed by atoms with E-state index in [1.807, 2.05) is 44.2 Å². The Bertz CT molecular complexity index is 1200. The fourth-order valence-electron chi connectivity index (χ4n) is 5.01. The van der Waals surface area contributed by atoms with E-state index in [0.717, 1.165) is 5.56 Å². The lowest BCUT2D eigenvalue weighted by atomic mass is 9.66. The highest BCUT2D eigenvalue weighted by atomic mass is 16.6. The van der Waals surface area contributed by atoms with Crippen molar-refractivity contribution in [1.29, 1.82) is 0 Å². The van der Waals surface area contributed by atoms with Crippen LogP contribution >= 0.6 is 0 Å². The van der Waals surface area contributed by atoms with E-state index in [2.05, 4.69) is 4.99 Å². The minimum absolute atomic E-state index is 0.117. The van der Waals surface area contributed by atoms with Gasteiger partial charge in [-0.25, -0.2) is 0 Å². The molecule has 1 unspecified atom stereocenters. The fourth-order valence-corrected chi connectivity index (χ4v) is 5.01. The van der Waals surface area contributed by atoms with E-state index in [1.54, 1.807) is 25.1 Å². The number of hydrogen-bond donors (Lipinski definition) is 0. The molecule has 0 saturated carbocycles. The number of carbonyl (C=O) groups is 2. The SMILES string of the molecule is CC1=NC2=C(C(=O)CC(C)(C)C2)[C@@H](c2ccccc2[N+](=O)[O-])C1C(=O)OCCc1ccccc1. The second-order valence-electron chi connectivity index (χ2n) is 9.73. The Balaban J connectivity index is 1.73. The van der Waals surface area contributed by atoms with Crippen LogP contribution in [-0.4, -0.2) is 29.0 Å². The van der Waals surface area contributed by atoms with Gasteiger partial charge in [-0.2, -0.15) is 0 Å². The third-order valence-corrected chi connectivity index (χ3v) is 6.50. The number of benzene rings is 2. The molecule has 0 spiro atoms. The van der Waals surface area contributed by atoms with Crippen molar-refractivity contribution in [1.82, 2.24) is 0 Å². The molecule has 2 aliphatic rings. The summed E-state index contributed by atoms with van der Waals surface area (Å²) in [7, 11) is 0. The van der Waals surface area contributed by atoms with Crippen LogP contribution in [0.4, 0.5) is 5.69 Å². The molecule has 1 heterocycles. The quantitative estimate of drug-likeness (QED) is 0.335. The number of ketones is 1.